The van der Waals surface area contributed by atoms with Gasteiger partial charge >= 0.3 is 0 Å². The number of likely N-dealkylation sites (N-methyl/N-ethyl adjacent to an activating group) is 2. The normalized spacial score (nSPS) is 23.6. The van der Waals surface area contributed by atoms with Gasteiger partial charge in [0.15, 0.2) is 0 Å². The number of benzene rings is 1. The molecule has 0 aromatic heterocycles. The zero-order valence-electron chi connectivity index (χ0n) is 15.3. The van der Waals surface area contributed by atoms with E-state index in [1.807, 2.05) is 31.3 Å². The molecule has 0 bridgehead atoms. The van der Waals surface area contributed by atoms with Crippen LogP contribution in [0.25, 0.3) is 0 Å². The maximum absolute atomic E-state index is 12.6. The number of fused-ring (bicyclic) bond motifs is 1. The molecule has 0 saturated carbocycles. The molecule has 6 heteroatoms. The Bertz CT molecular complexity index is 649. The molecule has 0 spiro atoms. The Morgan fingerprint density at radius 2 is 2.12 bits per heavy atom. The molecule has 1 aromatic carbocycles. The lowest BCUT2D eigenvalue weighted by atomic mass is 9.99. The number of methoxy groups -OCH3 is 1. The van der Waals surface area contributed by atoms with E-state index in [1.165, 1.54) is 0 Å². The molecule has 0 aliphatic carbocycles. The molecule has 2 aliphatic heterocycles. The van der Waals surface area contributed by atoms with E-state index in [4.69, 9.17) is 4.74 Å². The summed E-state index contributed by atoms with van der Waals surface area (Å²) in [5.74, 6) is -0.0528. The Morgan fingerprint density at radius 3 is 2.84 bits per heavy atom. The molecule has 25 heavy (non-hydrogen) atoms. The average molecular weight is 345 g/mol. The van der Waals surface area contributed by atoms with Gasteiger partial charge in [-0.25, -0.2) is 0 Å². The molecule has 0 radical (unpaired) electrons. The van der Waals surface area contributed by atoms with E-state index in [9.17, 15) is 9.59 Å². The first-order valence-corrected chi connectivity index (χ1v) is 8.83. The molecule has 1 saturated heterocycles. The molecule has 1 fully saturated rings. The molecule has 0 unspecified atom stereocenters. The maximum atomic E-state index is 12.6. The van der Waals surface area contributed by atoms with Crippen LogP contribution in [0.2, 0.25) is 0 Å². The predicted octanol–water partition coefficient (Wildman–Crippen LogP) is 0.862. The summed E-state index contributed by atoms with van der Waals surface area (Å²) in [6, 6.07) is 7.95. The van der Waals surface area contributed by atoms with E-state index in [-0.39, 0.29) is 24.5 Å². The predicted molar refractivity (Wildman–Crippen MR) is 95.5 cm³/mol. The fraction of sp³-hybridized carbons (Fsp3) is 0.579. The van der Waals surface area contributed by atoms with Gasteiger partial charge in [-0.1, -0.05) is 18.2 Å². The number of nitrogens with zero attached hydrogens (tertiary/aromatic N) is 3. The SMILES string of the molecule is CO[C@H]1C[C@@H](CN(C)C(=O)CN2CCc3ccccc3C2=O)N(C)C1. The van der Waals surface area contributed by atoms with Crippen LogP contribution in [0.4, 0.5) is 0 Å². The Morgan fingerprint density at radius 1 is 1.36 bits per heavy atom. The minimum Gasteiger partial charge on any atom is -0.380 e. The summed E-state index contributed by atoms with van der Waals surface area (Å²) in [5.41, 5.74) is 1.80. The van der Waals surface area contributed by atoms with Crippen molar-refractivity contribution < 1.29 is 14.3 Å². The van der Waals surface area contributed by atoms with Gasteiger partial charge in [-0.05, 0) is 31.5 Å². The van der Waals surface area contributed by atoms with Crippen LogP contribution in [-0.2, 0) is 16.0 Å². The third kappa shape index (κ3) is 3.85. The molecule has 2 heterocycles. The summed E-state index contributed by atoms with van der Waals surface area (Å²) in [5, 5.41) is 0. The van der Waals surface area contributed by atoms with Gasteiger partial charge in [0, 0.05) is 45.4 Å². The van der Waals surface area contributed by atoms with Gasteiger partial charge in [0.2, 0.25) is 5.91 Å². The number of amides is 2. The number of rotatable bonds is 5. The van der Waals surface area contributed by atoms with Gasteiger partial charge in [0.1, 0.15) is 6.54 Å². The van der Waals surface area contributed by atoms with Gasteiger partial charge in [-0.3, -0.25) is 14.5 Å². The van der Waals surface area contributed by atoms with Crippen LogP contribution in [-0.4, -0.2) is 86.0 Å². The molecule has 6 nitrogen and oxygen atoms in total. The van der Waals surface area contributed by atoms with Crippen LogP contribution in [0.5, 0.6) is 0 Å². The highest BCUT2D eigenvalue weighted by molar-refractivity contribution is 5.98. The van der Waals surface area contributed by atoms with E-state index in [2.05, 4.69) is 11.9 Å². The molecule has 2 amide bonds. The number of hydrogen-bond acceptors (Lipinski definition) is 4. The van der Waals surface area contributed by atoms with Crippen LogP contribution < -0.4 is 0 Å². The van der Waals surface area contributed by atoms with E-state index in [1.54, 1.807) is 16.9 Å². The largest absolute Gasteiger partial charge is 0.380 e. The fourth-order valence-electron chi connectivity index (χ4n) is 3.74. The van der Waals surface area contributed by atoms with Crippen LogP contribution >= 0.6 is 0 Å². The standard InChI is InChI=1S/C19H27N3O3/c1-20-12-16(25-3)10-15(20)11-21(2)18(23)13-22-9-8-14-6-4-5-7-17(14)19(22)24/h4-7,15-16H,8-13H2,1-3H3/t15-,16-/m0/s1. The van der Waals surface area contributed by atoms with Gasteiger partial charge in [0.05, 0.1) is 6.10 Å². The molecule has 3 rings (SSSR count). The zero-order valence-corrected chi connectivity index (χ0v) is 15.3. The number of carbonyl (C=O) groups is 2. The molecule has 1 aromatic rings. The monoisotopic (exact) mass is 345 g/mol. The van der Waals surface area contributed by atoms with E-state index in [0.29, 0.717) is 19.1 Å². The Hall–Kier alpha value is -1.92. The molecular weight excluding hydrogens is 318 g/mol. The van der Waals surface area contributed by atoms with Crippen LogP contribution in [0, 0.1) is 0 Å². The third-order valence-corrected chi connectivity index (χ3v) is 5.41. The Labute approximate surface area is 149 Å². The lowest BCUT2D eigenvalue weighted by molar-refractivity contribution is -0.131. The van der Waals surface area contributed by atoms with Crippen molar-refractivity contribution in [3.8, 4) is 0 Å². The minimum atomic E-state index is -0.0407. The Balaban J connectivity index is 1.56. The molecule has 2 atom stereocenters. The van der Waals surface area contributed by atoms with Crippen molar-refractivity contribution in [1.29, 1.82) is 0 Å². The van der Waals surface area contributed by atoms with Crippen molar-refractivity contribution in [1.82, 2.24) is 14.7 Å². The molecule has 136 valence electrons. The summed E-state index contributed by atoms with van der Waals surface area (Å²) >= 11 is 0. The van der Waals surface area contributed by atoms with Crippen LogP contribution in [0.1, 0.15) is 22.3 Å². The van der Waals surface area contributed by atoms with Crippen molar-refractivity contribution in [2.24, 2.45) is 0 Å². The first-order chi connectivity index (χ1) is 12.0. The molecule has 2 aliphatic rings. The quantitative estimate of drug-likeness (QED) is 0.794. The number of likely N-dealkylation sites (tertiary alicyclic amines) is 1. The second kappa shape index (κ2) is 7.54. The van der Waals surface area contributed by atoms with Crippen molar-refractivity contribution in [3.63, 3.8) is 0 Å². The van der Waals surface area contributed by atoms with Crippen LogP contribution in [0.15, 0.2) is 24.3 Å². The molecular formula is C19H27N3O3. The summed E-state index contributed by atoms with van der Waals surface area (Å²) in [6.07, 6.45) is 1.97. The van der Waals surface area contributed by atoms with Gasteiger partial charge < -0.3 is 14.5 Å². The summed E-state index contributed by atoms with van der Waals surface area (Å²) in [6.45, 7) is 2.30. The van der Waals surface area contributed by atoms with Crippen molar-refractivity contribution >= 4 is 11.8 Å². The second-order valence-electron chi connectivity index (χ2n) is 7.09. The zero-order chi connectivity index (χ0) is 18.0. The highest BCUT2D eigenvalue weighted by atomic mass is 16.5. The fourth-order valence-corrected chi connectivity index (χ4v) is 3.74. The van der Waals surface area contributed by atoms with E-state index in [0.717, 1.165) is 30.5 Å². The smallest absolute Gasteiger partial charge is 0.254 e. The van der Waals surface area contributed by atoms with Crippen molar-refractivity contribution in [2.75, 3.05) is 47.4 Å². The average Bonchev–Trinajstić information content (AvgIpc) is 2.97. The molecule has 0 N–H and O–H groups in total. The maximum Gasteiger partial charge on any atom is 0.254 e. The number of ether oxygens (including phenoxy) is 1. The van der Waals surface area contributed by atoms with Gasteiger partial charge in [0.25, 0.3) is 5.91 Å². The van der Waals surface area contributed by atoms with E-state index >= 15 is 0 Å². The van der Waals surface area contributed by atoms with E-state index < -0.39 is 0 Å². The van der Waals surface area contributed by atoms with Gasteiger partial charge in [-0.2, -0.15) is 0 Å². The summed E-state index contributed by atoms with van der Waals surface area (Å²) in [7, 11) is 5.61. The number of carbonyl (C=O) groups excluding carboxylic acids is 2. The van der Waals surface area contributed by atoms with Crippen LogP contribution in [0.3, 0.4) is 0 Å². The summed E-state index contributed by atoms with van der Waals surface area (Å²) in [4.78, 5) is 30.8. The Kier molecular flexibility index (Phi) is 5.39. The lowest BCUT2D eigenvalue weighted by Crippen LogP contribution is -2.47. The lowest BCUT2D eigenvalue weighted by Gasteiger charge is -2.31. The van der Waals surface area contributed by atoms with Crippen molar-refractivity contribution in [2.45, 2.75) is 25.0 Å². The number of hydrogen-bond donors (Lipinski definition) is 0. The summed E-state index contributed by atoms with van der Waals surface area (Å²) < 4.78 is 5.42. The minimum absolute atomic E-state index is 0.0120. The highest BCUT2D eigenvalue weighted by Crippen LogP contribution is 2.20. The first-order valence-electron chi connectivity index (χ1n) is 8.83. The van der Waals surface area contributed by atoms with Crippen molar-refractivity contribution in [3.05, 3.63) is 35.4 Å². The highest BCUT2D eigenvalue weighted by Gasteiger charge is 2.32. The first kappa shape index (κ1) is 17.9. The second-order valence-corrected chi connectivity index (χ2v) is 7.09. The topological polar surface area (TPSA) is 53.1 Å². The third-order valence-electron chi connectivity index (χ3n) is 5.41. The van der Waals surface area contributed by atoms with Gasteiger partial charge in [-0.15, -0.1) is 0 Å².